The van der Waals surface area contributed by atoms with Crippen LogP contribution in [-0.4, -0.2) is 51.1 Å². The van der Waals surface area contributed by atoms with E-state index in [2.05, 4.69) is 40.1 Å². The second kappa shape index (κ2) is 10.3. The molecule has 0 radical (unpaired) electrons. The van der Waals surface area contributed by atoms with Gasteiger partial charge in [-0.3, -0.25) is 9.59 Å². The van der Waals surface area contributed by atoms with E-state index in [1.54, 1.807) is 18.4 Å². The Balaban J connectivity index is 1.33. The summed E-state index contributed by atoms with van der Waals surface area (Å²) in [5.41, 5.74) is 4.42. The topological polar surface area (TPSA) is 81.1 Å². The van der Waals surface area contributed by atoms with Gasteiger partial charge >= 0.3 is 0 Å². The largest absolute Gasteiger partial charge is 0.380 e. The fourth-order valence-corrected chi connectivity index (χ4v) is 5.47. The lowest BCUT2D eigenvalue weighted by atomic mass is 10.1. The van der Waals surface area contributed by atoms with Gasteiger partial charge in [0.25, 0.3) is 11.8 Å². The van der Waals surface area contributed by atoms with Crippen LogP contribution in [0.1, 0.15) is 27.1 Å². The summed E-state index contributed by atoms with van der Waals surface area (Å²) in [6.07, 6.45) is -2.80. The predicted molar refractivity (Wildman–Crippen MR) is 135 cm³/mol. The van der Waals surface area contributed by atoms with Crippen LogP contribution in [0.4, 0.5) is 0 Å². The first-order valence-corrected chi connectivity index (χ1v) is 12.6. The molecule has 0 aliphatic carbocycles. The number of fused-ring (bicyclic) bond motifs is 1. The highest BCUT2D eigenvalue weighted by molar-refractivity contribution is 14.1. The van der Waals surface area contributed by atoms with Gasteiger partial charge in [0.2, 0.25) is 0 Å². The summed E-state index contributed by atoms with van der Waals surface area (Å²) >= 11 is 3.87. The Hall–Kier alpha value is -2.27. The van der Waals surface area contributed by atoms with Gasteiger partial charge in [0.05, 0.1) is 6.54 Å². The normalized spacial score (nSPS) is 14.6. The van der Waals surface area contributed by atoms with E-state index >= 15 is 0 Å². The van der Waals surface area contributed by atoms with E-state index in [4.69, 9.17) is 0 Å². The number of amides is 2. The summed E-state index contributed by atoms with van der Waals surface area (Å²) < 4.78 is 1.21. The van der Waals surface area contributed by atoms with Crippen LogP contribution in [0.15, 0.2) is 60.0 Å². The van der Waals surface area contributed by atoms with Crippen LogP contribution in [0.2, 0.25) is 0 Å². The van der Waals surface area contributed by atoms with Crippen molar-refractivity contribution in [3.05, 3.63) is 90.7 Å². The Labute approximate surface area is 210 Å². The zero-order valence-electron chi connectivity index (χ0n) is 18.1. The number of hydrogen-bond donors (Lipinski definition) is 2. The van der Waals surface area contributed by atoms with Gasteiger partial charge in [-0.2, -0.15) is 0 Å². The van der Waals surface area contributed by atoms with Gasteiger partial charge in [-0.05, 0) is 68.8 Å². The number of thiophene rings is 1. The number of rotatable bonds is 7. The number of carbonyl (C=O) groups is 2. The maximum atomic E-state index is 12.7. The lowest BCUT2D eigenvalue weighted by Crippen LogP contribution is -2.49. The predicted octanol–water partition coefficient (Wildman–Crippen LogP) is 3.17. The Morgan fingerprint density at radius 2 is 1.70 bits per heavy atom. The standard InChI is InChI=1S/C25H25IN2O4S/c1-27(14-20-11-16(15-33-20)10-17-6-4-5-9-21(17)26)24(31)22(29)23(30)25(32)28-12-18-7-2-3-8-19(18)13-28/h2-9,11,15,22-23,29-30H,10,12-14H2,1H3/t22-,23-/m1/s1. The maximum Gasteiger partial charge on any atom is 0.255 e. The smallest absolute Gasteiger partial charge is 0.255 e. The molecular weight excluding hydrogens is 551 g/mol. The number of halogens is 1. The SMILES string of the molecule is CN(Cc1cc(Cc2ccccc2I)cs1)C(=O)[C@H](O)[C@@H](O)C(=O)N1Cc2ccccc2C1. The van der Waals surface area contributed by atoms with Gasteiger partial charge in [-0.25, -0.2) is 0 Å². The first-order valence-electron chi connectivity index (χ1n) is 10.6. The molecule has 0 unspecified atom stereocenters. The molecule has 1 aliphatic rings. The number of carbonyl (C=O) groups excluding carboxylic acids is 2. The minimum absolute atomic E-state index is 0.294. The van der Waals surface area contributed by atoms with Crippen LogP contribution in [-0.2, 0) is 35.6 Å². The Kier molecular flexibility index (Phi) is 7.48. The van der Waals surface area contributed by atoms with E-state index in [9.17, 15) is 19.8 Å². The van der Waals surface area contributed by atoms with E-state index < -0.39 is 24.0 Å². The third-order valence-electron chi connectivity index (χ3n) is 5.79. The summed E-state index contributed by atoms with van der Waals surface area (Å²) in [6, 6.07) is 17.9. The zero-order chi connectivity index (χ0) is 23.5. The molecular formula is C25H25IN2O4S. The van der Waals surface area contributed by atoms with Crippen molar-refractivity contribution in [1.29, 1.82) is 0 Å². The van der Waals surface area contributed by atoms with Crippen LogP contribution in [0.5, 0.6) is 0 Å². The van der Waals surface area contributed by atoms with Crippen molar-refractivity contribution in [3.8, 4) is 0 Å². The van der Waals surface area contributed by atoms with Gasteiger partial charge < -0.3 is 20.0 Å². The molecule has 0 spiro atoms. The summed E-state index contributed by atoms with van der Waals surface area (Å²) in [4.78, 5) is 29.2. The van der Waals surface area contributed by atoms with E-state index in [0.717, 1.165) is 28.0 Å². The maximum absolute atomic E-state index is 12.7. The zero-order valence-corrected chi connectivity index (χ0v) is 21.1. The van der Waals surface area contributed by atoms with Crippen molar-refractivity contribution in [2.75, 3.05) is 7.05 Å². The number of hydrogen-bond acceptors (Lipinski definition) is 5. The monoisotopic (exact) mass is 576 g/mol. The molecule has 3 aromatic rings. The molecule has 2 amide bonds. The van der Waals surface area contributed by atoms with E-state index in [-0.39, 0.29) is 0 Å². The highest BCUT2D eigenvalue weighted by Gasteiger charge is 2.36. The van der Waals surface area contributed by atoms with Crippen molar-refractivity contribution in [2.45, 2.75) is 38.3 Å². The fourth-order valence-electron chi connectivity index (χ4n) is 3.95. The van der Waals surface area contributed by atoms with Gasteiger partial charge in [-0.1, -0.05) is 42.5 Å². The molecule has 4 rings (SSSR count). The number of nitrogens with zero attached hydrogens (tertiary/aromatic N) is 2. The number of likely N-dealkylation sites (N-methyl/N-ethyl adjacent to an activating group) is 1. The second-order valence-corrected chi connectivity index (χ2v) is 10.4. The molecule has 8 heteroatoms. The molecule has 0 saturated carbocycles. The molecule has 0 bridgehead atoms. The number of aliphatic hydroxyl groups excluding tert-OH is 2. The molecule has 2 N–H and O–H groups in total. The Morgan fingerprint density at radius 3 is 2.36 bits per heavy atom. The van der Waals surface area contributed by atoms with E-state index in [0.29, 0.717) is 19.6 Å². The highest BCUT2D eigenvalue weighted by atomic mass is 127. The molecule has 0 saturated heterocycles. The molecule has 2 atom stereocenters. The van der Waals surface area contributed by atoms with Gasteiger partial charge in [0, 0.05) is 28.6 Å². The molecule has 2 heterocycles. The van der Waals surface area contributed by atoms with Crippen molar-refractivity contribution in [1.82, 2.24) is 9.80 Å². The van der Waals surface area contributed by atoms with Crippen LogP contribution in [0.25, 0.3) is 0 Å². The quantitative estimate of drug-likeness (QED) is 0.424. The van der Waals surface area contributed by atoms with Crippen molar-refractivity contribution < 1.29 is 19.8 Å². The molecule has 1 aromatic heterocycles. The average Bonchev–Trinajstić information content (AvgIpc) is 3.45. The molecule has 6 nitrogen and oxygen atoms in total. The van der Waals surface area contributed by atoms with Gasteiger partial charge in [0.1, 0.15) is 0 Å². The van der Waals surface area contributed by atoms with Gasteiger partial charge in [-0.15, -0.1) is 11.3 Å². The lowest BCUT2D eigenvalue weighted by molar-refractivity contribution is -0.158. The van der Waals surface area contributed by atoms with E-state index in [1.807, 2.05) is 42.5 Å². The number of benzene rings is 2. The lowest BCUT2D eigenvalue weighted by Gasteiger charge is -2.25. The molecule has 172 valence electrons. The minimum atomic E-state index is -1.81. The minimum Gasteiger partial charge on any atom is -0.380 e. The third kappa shape index (κ3) is 5.46. The Bertz CT molecular complexity index is 1140. The Morgan fingerprint density at radius 1 is 1.06 bits per heavy atom. The van der Waals surface area contributed by atoms with Crippen molar-refractivity contribution in [3.63, 3.8) is 0 Å². The van der Waals surface area contributed by atoms with E-state index in [1.165, 1.54) is 18.9 Å². The van der Waals surface area contributed by atoms with Crippen molar-refractivity contribution >= 4 is 45.7 Å². The number of aliphatic hydroxyl groups is 2. The summed E-state index contributed by atoms with van der Waals surface area (Å²) in [5, 5.41) is 22.9. The van der Waals surface area contributed by atoms with Crippen LogP contribution in [0.3, 0.4) is 0 Å². The summed E-state index contributed by atoms with van der Waals surface area (Å²) in [6.45, 7) is 1.02. The first-order chi connectivity index (χ1) is 15.8. The van der Waals surface area contributed by atoms with Crippen LogP contribution in [0, 0.1) is 3.57 Å². The third-order valence-corrected chi connectivity index (χ3v) is 7.81. The highest BCUT2D eigenvalue weighted by Crippen LogP contribution is 2.24. The first kappa shape index (κ1) is 23.9. The molecule has 2 aromatic carbocycles. The molecule has 1 aliphatic heterocycles. The van der Waals surface area contributed by atoms with Gasteiger partial charge in [0.15, 0.2) is 12.2 Å². The molecule has 0 fully saturated rings. The van der Waals surface area contributed by atoms with Crippen LogP contribution >= 0.6 is 33.9 Å². The summed E-state index contributed by atoms with van der Waals surface area (Å²) in [7, 11) is 1.56. The summed E-state index contributed by atoms with van der Waals surface area (Å²) in [5.74, 6) is -1.32. The average molecular weight is 576 g/mol. The van der Waals surface area contributed by atoms with Crippen molar-refractivity contribution in [2.24, 2.45) is 0 Å². The fraction of sp³-hybridized carbons (Fsp3) is 0.280. The second-order valence-electron chi connectivity index (χ2n) is 8.24. The van der Waals surface area contributed by atoms with Crippen LogP contribution < -0.4 is 0 Å². The molecule has 33 heavy (non-hydrogen) atoms.